The van der Waals surface area contributed by atoms with Crippen LogP contribution in [0.3, 0.4) is 0 Å². The number of benzene rings is 1. The van der Waals surface area contributed by atoms with E-state index in [1.807, 2.05) is 42.5 Å². The summed E-state index contributed by atoms with van der Waals surface area (Å²) in [4.78, 5) is 10.9. The maximum atomic E-state index is 5.16. The van der Waals surface area contributed by atoms with Gasteiger partial charge in [-0.1, -0.05) is 0 Å². The Morgan fingerprint density at radius 2 is 2.05 bits per heavy atom. The Morgan fingerprint density at radius 3 is 2.77 bits per heavy atom. The van der Waals surface area contributed by atoms with Crippen molar-refractivity contribution in [2.75, 3.05) is 12.5 Å². The van der Waals surface area contributed by atoms with Crippen molar-refractivity contribution in [3.05, 3.63) is 59.3 Å². The summed E-state index contributed by atoms with van der Waals surface area (Å²) in [7, 11) is 1.66. The van der Waals surface area contributed by atoms with E-state index in [-0.39, 0.29) is 14.5 Å². The van der Waals surface area contributed by atoms with Crippen LogP contribution in [-0.2, 0) is 0 Å². The average molecular weight is 357 g/mol. The van der Waals surface area contributed by atoms with E-state index in [1.165, 1.54) is 0 Å². The Hall–Kier alpha value is -2.43. The van der Waals surface area contributed by atoms with Crippen molar-refractivity contribution >= 4 is 25.4 Å². The van der Waals surface area contributed by atoms with E-state index in [1.54, 1.807) is 19.5 Å². The number of anilines is 1. The molecule has 2 heterocycles. The van der Waals surface area contributed by atoms with E-state index in [9.17, 15) is 0 Å². The van der Waals surface area contributed by atoms with Gasteiger partial charge in [0, 0.05) is 0 Å². The molecule has 0 amide bonds. The molecule has 2 aromatic heterocycles. The Morgan fingerprint density at radius 1 is 1.18 bits per heavy atom. The Kier molecular flexibility index (Phi) is 4.63. The minimum atomic E-state index is 0.163. The van der Waals surface area contributed by atoms with E-state index in [2.05, 4.69) is 25.4 Å². The molecule has 1 aromatic carbocycles. The molecule has 0 aliphatic heterocycles. The number of nitrogens with zero attached hydrogens (tertiary/aromatic N) is 3. The number of aromatic nitrogens is 2. The molecule has 0 unspecified atom stereocenters. The van der Waals surface area contributed by atoms with Gasteiger partial charge < -0.3 is 0 Å². The number of ether oxygens (including phenoxy) is 1. The van der Waals surface area contributed by atoms with Crippen LogP contribution in [0.4, 0.5) is 4.69 Å². The number of rotatable bonds is 5. The molecule has 110 valence electrons. The molecule has 0 spiro atoms. The summed E-state index contributed by atoms with van der Waals surface area (Å²) in [6, 6.07) is 13.6. The molecule has 6 heteroatoms. The van der Waals surface area contributed by atoms with Gasteiger partial charge in [0.25, 0.3) is 0 Å². The SMILES string of the molecule is COc1ccc(-c2c[se]c(N/N=C/c3ccccn3)n2)cc1. The molecule has 0 bridgehead atoms. The molecule has 0 aliphatic carbocycles. The van der Waals surface area contributed by atoms with Crippen molar-refractivity contribution in [3.8, 4) is 17.0 Å². The first-order chi connectivity index (χ1) is 10.8. The molecule has 0 aliphatic rings. The van der Waals surface area contributed by atoms with Crippen LogP contribution in [0.15, 0.2) is 58.7 Å². The summed E-state index contributed by atoms with van der Waals surface area (Å²) in [6.07, 6.45) is 3.42. The van der Waals surface area contributed by atoms with Crippen LogP contribution >= 0.6 is 0 Å². The average Bonchev–Trinajstić information content (AvgIpc) is 3.05. The standard InChI is InChI=1S/C16H14N4OSe/c1-21-14-7-5-12(6-8-14)15-11-22-16(19-15)20-18-10-13-4-2-3-9-17-13/h2-11H,1H3,(H,19,20)/b18-10+. The molecule has 1 N–H and O–H groups in total. The molecule has 3 rings (SSSR count). The molecule has 5 nitrogen and oxygen atoms in total. The van der Waals surface area contributed by atoms with Gasteiger partial charge in [0.1, 0.15) is 0 Å². The zero-order chi connectivity index (χ0) is 15.2. The van der Waals surface area contributed by atoms with Gasteiger partial charge in [0.05, 0.1) is 0 Å². The second kappa shape index (κ2) is 7.02. The number of hydrazone groups is 1. The van der Waals surface area contributed by atoms with Crippen molar-refractivity contribution < 1.29 is 4.74 Å². The molecule has 0 atom stereocenters. The number of pyridine rings is 1. The van der Waals surface area contributed by atoms with E-state index in [0.717, 1.165) is 27.4 Å². The topological polar surface area (TPSA) is 59.4 Å². The fourth-order valence-electron chi connectivity index (χ4n) is 1.83. The van der Waals surface area contributed by atoms with Crippen molar-refractivity contribution in [2.24, 2.45) is 5.10 Å². The normalized spacial score (nSPS) is 10.8. The molecule has 0 radical (unpaired) electrons. The van der Waals surface area contributed by atoms with E-state index in [4.69, 9.17) is 4.74 Å². The van der Waals surface area contributed by atoms with Crippen molar-refractivity contribution in [3.63, 3.8) is 0 Å². The third-order valence-corrected chi connectivity index (χ3v) is 4.50. The van der Waals surface area contributed by atoms with Crippen molar-refractivity contribution in [2.45, 2.75) is 0 Å². The summed E-state index contributed by atoms with van der Waals surface area (Å²) in [5.41, 5.74) is 5.84. The monoisotopic (exact) mass is 358 g/mol. The maximum absolute atomic E-state index is 5.16. The van der Waals surface area contributed by atoms with Crippen LogP contribution in [0.5, 0.6) is 5.75 Å². The number of hydrogen-bond acceptors (Lipinski definition) is 5. The number of methoxy groups -OCH3 is 1. The first-order valence-corrected chi connectivity index (χ1v) is 8.50. The van der Waals surface area contributed by atoms with Gasteiger partial charge in [0.2, 0.25) is 0 Å². The molecule has 0 saturated carbocycles. The van der Waals surface area contributed by atoms with Gasteiger partial charge >= 0.3 is 134 Å². The number of hydrogen-bond donors (Lipinski definition) is 1. The van der Waals surface area contributed by atoms with E-state index >= 15 is 0 Å². The molecular formula is C16H14N4OSe. The predicted octanol–water partition coefficient (Wildman–Crippen LogP) is 2.66. The van der Waals surface area contributed by atoms with Crippen LogP contribution in [0.1, 0.15) is 5.69 Å². The van der Waals surface area contributed by atoms with E-state index in [0.29, 0.717) is 0 Å². The summed E-state index contributed by atoms with van der Waals surface area (Å²) in [5, 5.41) is 4.17. The van der Waals surface area contributed by atoms with Crippen molar-refractivity contribution in [1.82, 2.24) is 9.97 Å². The Bertz CT molecular complexity index is 753. The second-order valence-corrected chi connectivity index (χ2v) is 6.19. The zero-order valence-corrected chi connectivity index (χ0v) is 13.6. The third kappa shape index (κ3) is 3.61. The van der Waals surface area contributed by atoms with Gasteiger partial charge in [-0.25, -0.2) is 0 Å². The zero-order valence-electron chi connectivity index (χ0n) is 11.9. The molecule has 22 heavy (non-hydrogen) atoms. The van der Waals surface area contributed by atoms with Crippen LogP contribution < -0.4 is 10.2 Å². The molecule has 3 aromatic rings. The van der Waals surface area contributed by atoms with Crippen LogP contribution in [0.25, 0.3) is 11.3 Å². The van der Waals surface area contributed by atoms with Crippen molar-refractivity contribution in [1.29, 1.82) is 0 Å². The fourth-order valence-corrected chi connectivity index (χ4v) is 3.23. The minimum absolute atomic E-state index is 0.163. The Balaban J connectivity index is 1.67. The third-order valence-electron chi connectivity index (χ3n) is 2.93. The summed E-state index contributed by atoms with van der Waals surface area (Å²) in [6.45, 7) is 0. The predicted molar refractivity (Wildman–Crippen MR) is 88.6 cm³/mol. The second-order valence-electron chi connectivity index (χ2n) is 4.39. The van der Waals surface area contributed by atoms with Gasteiger partial charge in [-0.2, -0.15) is 0 Å². The quantitative estimate of drug-likeness (QED) is 0.433. The number of nitrogens with one attached hydrogen (secondary N) is 1. The Labute approximate surface area is 134 Å². The van der Waals surface area contributed by atoms with Gasteiger partial charge in [-0.05, 0) is 0 Å². The first-order valence-electron chi connectivity index (χ1n) is 6.65. The van der Waals surface area contributed by atoms with Gasteiger partial charge in [-0.15, -0.1) is 0 Å². The van der Waals surface area contributed by atoms with Crippen LogP contribution in [0, 0.1) is 0 Å². The van der Waals surface area contributed by atoms with Crippen LogP contribution in [0.2, 0.25) is 0 Å². The fraction of sp³-hybridized carbons (Fsp3) is 0.0625. The summed E-state index contributed by atoms with van der Waals surface area (Å²) in [5.74, 6) is 0.843. The van der Waals surface area contributed by atoms with E-state index < -0.39 is 0 Å². The first kappa shape index (κ1) is 14.5. The summed E-state index contributed by atoms with van der Waals surface area (Å²) >= 11 is 0.163. The van der Waals surface area contributed by atoms with Crippen LogP contribution in [-0.4, -0.2) is 37.8 Å². The van der Waals surface area contributed by atoms with Gasteiger partial charge in [0.15, 0.2) is 0 Å². The molecule has 0 fully saturated rings. The summed E-state index contributed by atoms with van der Waals surface area (Å²) < 4.78 is 6.04. The van der Waals surface area contributed by atoms with Gasteiger partial charge in [-0.3, -0.25) is 0 Å². The molecule has 0 saturated heterocycles. The molecular weight excluding hydrogens is 343 g/mol.